The van der Waals surface area contributed by atoms with Gasteiger partial charge in [0, 0.05) is 33.6 Å². The van der Waals surface area contributed by atoms with Crippen molar-refractivity contribution in [2.45, 2.75) is 52.4 Å². The Hall–Kier alpha value is -4.30. The summed E-state index contributed by atoms with van der Waals surface area (Å²) in [5.41, 5.74) is 2.79. The van der Waals surface area contributed by atoms with Gasteiger partial charge in [-0.1, -0.05) is 59.6 Å². The van der Waals surface area contributed by atoms with Crippen LogP contribution in [-0.4, -0.2) is 38.8 Å². The molecule has 0 radical (unpaired) electrons. The van der Waals surface area contributed by atoms with Crippen molar-refractivity contribution in [3.8, 4) is 5.75 Å². The summed E-state index contributed by atoms with van der Waals surface area (Å²) in [5.74, 6) is -1.10. The van der Waals surface area contributed by atoms with Gasteiger partial charge in [0.05, 0.1) is 0 Å². The number of halogens is 1. The van der Waals surface area contributed by atoms with Crippen LogP contribution in [0.4, 0.5) is 0 Å². The van der Waals surface area contributed by atoms with E-state index in [-0.39, 0.29) is 17.8 Å². The number of rotatable bonds is 10. The van der Waals surface area contributed by atoms with Crippen LogP contribution in [0.25, 0.3) is 10.9 Å². The van der Waals surface area contributed by atoms with Crippen molar-refractivity contribution < 1.29 is 24.2 Å². The largest absolute Gasteiger partial charge is 0.489 e. The number of aromatic amines is 1. The van der Waals surface area contributed by atoms with E-state index in [0.717, 1.165) is 11.1 Å². The zero-order chi connectivity index (χ0) is 29.0. The molecule has 8 nitrogen and oxygen atoms in total. The highest BCUT2D eigenvalue weighted by Gasteiger charge is 2.35. The van der Waals surface area contributed by atoms with Crippen molar-refractivity contribution in [1.29, 1.82) is 0 Å². The molecule has 0 aliphatic carbocycles. The van der Waals surface area contributed by atoms with Crippen molar-refractivity contribution >= 4 is 40.8 Å². The van der Waals surface area contributed by atoms with E-state index >= 15 is 0 Å². The molecule has 0 spiro atoms. The Balaban J connectivity index is 1.65. The van der Waals surface area contributed by atoms with Crippen LogP contribution in [0.2, 0.25) is 5.02 Å². The lowest BCUT2D eigenvalue weighted by Gasteiger charge is -2.31. The van der Waals surface area contributed by atoms with E-state index in [2.05, 4.69) is 10.3 Å². The number of carboxylic acids is 1. The molecule has 1 unspecified atom stereocenters. The summed E-state index contributed by atoms with van der Waals surface area (Å²) in [6.07, 6.45) is 0.565. The molecular weight excluding hydrogens is 530 g/mol. The van der Waals surface area contributed by atoms with Crippen LogP contribution in [0.5, 0.6) is 5.75 Å². The van der Waals surface area contributed by atoms with Crippen LogP contribution in [0.15, 0.2) is 66.7 Å². The Labute approximate surface area is 237 Å². The van der Waals surface area contributed by atoms with Crippen LogP contribution in [0, 0.1) is 6.92 Å². The third-order valence-corrected chi connectivity index (χ3v) is 6.55. The lowest BCUT2D eigenvalue weighted by molar-refractivity contribution is -0.134. The highest BCUT2D eigenvalue weighted by atomic mass is 35.5. The monoisotopic (exact) mass is 561 g/mol. The number of amides is 2. The number of carbonyl (C=O) groups is 3. The minimum absolute atomic E-state index is 0.0588. The van der Waals surface area contributed by atoms with E-state index in [1.807, 2.05) is 64.1 Å². The molecular formula is C31H32ClN3O5. The second-order valence-electron chi connectivity index (χ2n) is 10.7. The summed E-state index contributed by atoms with van der Waals surface area (Å²) in [6, 6.07) is 18.9. The number of H-pyrrole nitrogens is 1. The van der Waals surface area contributed by atoms with Crippen LogP contribution in [-0.2, 0) is 22.7 Å². The van der Waals surface area contributed by atoms with Gasteiger partial charge in [0.15, 0.2) is 0 Å². The number of nitrogens with zero attached hydrogens (tertiary/aromatic N) is 1. The van der Waals surface area contributed by atoms with Crippen LogP contribution < -0.4 is 10.1 Å². The number of fused-ring (bicyclic) bond motifs is 1. The maximum atomic E-state index is 13.7. The SMILES string of the molecule is Cc1ccc(COc2ccc(CN(C=O)C(C(=O)NC(C)(C)C)c3c(C(=O)O)[nH]c4cc(Cl)ccc34)cc2)cc1. The average molecular weight is 562 g/mol. The Morgan fingerprint density at radius 3 is 2.30 bits per heavy atom. The van der Waals surface area contributed by atoms with E-state index < -0.39 is 23.5 Å². The van der Waals surface area contributed by atoms with E-state index in [1.165, 1.54) is 10.5 Å². The summed E-state index contributed by atoms with van der Waals surface area (Å²) in [7, 11) is 0. The Bertz CT molecular complexity index is 1520. The number of hydrogen-bond acceptors (Lipinski definition) is 4. The Morgan fingerprint density at radius 1 is 1.05 bits per heavy atom. The molecule has 0 bridgehead atoms. The second kappa shape index (κ2) is 11.8. The number of nitrogens with one attached hydrogen (secondary N) is 2. The molecule has 3 aromatic carbocycles. The van der Waals surface area contributed by atoms with Crippen molar-refractivity contribution in [2.24, 2.45) is 0 Å². The fourth-order valence-corrected chi connectivity index (χ4v) is 4.64. The van der Waals surface area contributed by atoms with Crippen molar-refractivity contribution in [3.63, 3.8) is 0 Å². The standard InChI is InChI=1S/C31H32ClN3O5/c1-19-5-7-21(8-6-19)17-40-23-12-9-20(10-13-23)16-35(18-36)28(29(37)34-31(2,3)4)26-24-14-11-22(32)15-25(24)33-27(26)30(38)39/h5-15,18,28,33H,16-17H2,1-4H3,(H,34,37)(H,38,39). The van der Waals surface area contributed by atoms with Gasteiger partial charge in [0.2, 0.25) is 12.3 Å². The molecule has 1 heterocycles. The first kappa shape index (κ1) is 28.7. The summed E-state index contributed by atoms with van der Waals surface area (Å²) in [5, 5.41) is 13.8. The molecule has 40 heavy (non-hydrogen) atoms. The molecule has 3 N–H and O–H groups in total. The molecule has 9 heteroatoms. The molecule has 1 atom stereocenters. The number of benzene rings is 3. The number of aromatic carboxylic acids is 1. The number of aromatic nitrogens is 1. The van der Waals surface area contributed by atoms with E-state index in [1.54, 1.807) is 30.3 Å². The average Bonchev–Trinajstić information content (AvgIpc) is 3.26. The molecule has 0 fully saturated rings. The molecule has 208 valence electrons. The topological polar surface area (TPSA) is 112 Å². The minimum Gasteiger partial charge on any atom is -0.489 e. The first-order chi connectivity index (χ1) is 18.9. The number of aryl methyl sites for hydroxylation is 1. The molecule has 0 saturated heterocycles. The van der Waals surface area contributed by atoms with Gasteiger partial charge in [-0.25, -0.2) is 4.79 Å². The van der Waals surface area contributed by atoms with Gasteiger partial charge in [-0.3, -0.25) is 9.59 Å². The first-order valence-electron chi connectivity index (χ1n) is 12.8. The highest BCUT2D eigenvalue weighted by Crippen LogP contribution is 2.34. The van der Waals surface area contributed by atoms with E-state index in [9.17, 15) is 19.5 Å². The van der Waals surface area contributed by atoms with Crippen molar-refractivity contribution in [2.75, 3.05) is 0 Å². The molecule has 0 saturated carbocycles. The Kier molecular flexibility index (Phi) is 8.49. The van der Waals surface area contributed by atoms with Gasteiger partial charge >= 0.3 is 5.97 Å². The van der Waals surface area contributed by atoms with Crippen molar-refractivity contribution in [1.82, 2.24) is 15.2 Å². The maximum absolute atomic E-state index is 13.7. The fraction of sp³-hybridized carbons (Fsp3) is 0.258. The maximum Gasteiger partial charge on any atom is 0.352 e. The molecule has 0 aliphatic rings. The Morgan fingerprint density at radius 2 is 1.70 bits per heavy atom. The summed E-state index contributed by atoms with van der Waals surface area (Å²) in [4.78, 5) is 42.6. The highest BCUT2D eigenvalue weighted by molar-refractivity contribution is 6.31. The number of carboxylic acid groups (broad SMARTS) is 1. The molecule has 1 aromatic heterocycles. The quantitative estimate of drug-likeness (QED) is 0.205. The fourth-order valence-electron chi connectivity index (χ4n) is 4.47. The van der Waals surface area contributed by atoms with Gasteiger partial charge in [-0.2, -0.15) is 0 Å². The molecule has 0 aliphatic heterocycles. The number of ether oxygens (including phenoxy) is 1. The normalized spacial score (nSPS) is 12.1. The molecule has 4 aromatic rings. The summed E-state index contributed by atoms with van der Waals surface area (Å²) >= 11 is 6.14. The van der Waals surface area contributed by atoms with Crippen LogP contribution in [0.3, 0.4) is 0 Å². The van der Waals surface area contributed by atoms with Crippen LogP contribution >= 0.6 is 11.6 Å². The third kappa shape index (κ3) is 6.82. The first-order valence-corrected chi connectivity index (χ1v) is 13.2. The van der Waals surface area contributed by atoms with Crippen molar-refractivity contribution in [3.05, 3.63) is 99.7 Å². The summed E-state index contributed by atoms with van der Waals surface area (Å²) in [6.45, 7) is 7.95. The van der Waals surface area contributed by atoms with Gasteiger partial charge in [-0.15, -0.1) is 0 Å². The third-order valence-electron chi connectivity index (χ3n) is 6.32. The van der Waals surface area contributed by atoms with Crippen LogP contribution in [0.1, 0.15) is 59.6 Å². The lowest BCUT2D eigenvalue weighted by Crippen LogP contribution is -2.47. The number of hydrogen-bond donors (Lipinski definition) is 3. The lowest BCUT2D eigenvalue weighted by atomic mass is 9.98. The predicted octanol–water partition coefficient (Wildman–Crippen LogP) is 6.02. The number of carbonyl (C=O) groups excluding carboxylic acids is 2. The van der Waals surface area contributed by atoms with E-state index in [0.29, 0.717) is 34.7 Å². The predicted molar refractivity (Wildman–Crippen MR) is 154 cm³/mol. The molecule has 4 rings (SSSR count). The van der Waals surface area contributed by atoms with Gasteiger partial charge in [-0.05, 0) is 63.1 Å². The second-order valence-corrected chi connectivity index (χ2v) is 11.2. The zero-order valence-corrected chi connectivity index (χ0v) is 23.6. The minimum atomic E-state index is -1.25. The smallest absolute Gasteiger partial charge is 0.352 e. The molecule has 2 amide bonds. The van der Waals surface area contributed by atoms with E-state index in [4.69, 9.17) is 16.3 Å². The van der Waals surface area contributed by atoms with Gasteiger partial charge in [0.1, 0.15) is 24.1 Å². The van der Waals surface area contributed by atoms with Gasteiger partial charge < -0.3 is 25.0 Å². The zero-order valence-electron chi connectivity index (χ0n) is 22.8. The summed E-state index contributed by atoms with van der Waals surface area (Å²) < 4.78 is 5.89. The van der Waals surface area contributed by atoms with Gasteiger partial charge in [0.25, 0.3) is 0 Å².